The summed E-state index contributed by atoms with van der Waals surface area (Å²) in [4.78, 5) is 19.0. The Bertz CT molecular complexity index is 797. The number of hydrogen-bond donors (Lipinski definition) is 1. The van der Waals surface area contributed by atoms with Gasteiger partial charge in [-0.15, -0.1) is 11.3 Å². The second-order valence-electron chi connectivity index (χ2n) is 5.81. The van der Waals surface area contributed by atoms with Crippen LogP contribution in [0.15, 0.2) is 52.7 Å². The molecule has 1 N–H and O–H groups in total. The maximum atomic E-state index is 12.5. The van der Waals surface area contributed by atoms with E-state index in [0.717, 1.165) is 30.2 Å². The molecule has 1 fully saturated rings. The van der Waals surface area contributed by atoms with Crippen LogP contribution in [0.4, 0.5) is 5.13 Å². The van der Waals surface area contributed by atoms with Crippen molar-refractivity contribution in [3.05, 3.63) is 58.2 Å². The lowest BCUT2D eigenvalue weighted by molar-refractivity contribution is 0.0940. The van der Waals surface area contributed by atoms with Gasteiger partial charge in [0.15, 0.2) is 5.13 Å². The van der Waals surface area contributed by atoms with Crippen LogP contribution in [0.2, 0.25) is 0 Å². The third-order valence-electron chi connectivity index (χ3n) is 4.21. The summed E-state index contributed by atoms with van der Waals surface area (Å²) in [7, 11) is 0. The topological polar surface area (TPSA) is 45.2 Å². The van der Waals surface area contributed by atoms with Crippen LogP contribution < -0.4 is 10.2 Å². The molecular formula is C18H17N3OS2. The van der Waals surface area contributed by atoms with Crippen molar-refractivity contribution >= 4 is 33.7 Å². The Kier molecular flexibility index (Phi) is 4.32. The molecule has 6 heteroatoms. The second-order valence-corrected chi connectivity index (χ2v) is 7.46. The normalized spacial score (nSPS) is 17.2. The number of rotatable bonds is 4. The van der Waals surface area contributed by atoms with Crippen molar-refractivity contribution in [2.24, 2.45) is 0 Å². The van der Waals surface area contributed by atoms with Gasteiger partial charge in [-0.2, -0.15) is 11.3 Å². The molecule has 3 heterocycles. The molecule has 24 heavy (non-hydrogen) atoms. The highest BCUT2D eigenvalue weighted by atomic mass is 32.1. The first-order chi connectivity index (χ1) is 11.8. The highest BCUT2D eigenvalue weighted by molar-refractivity contribution is 7.13. The number of carbonyl (C=O) groups excluding carboxylic acids is 1. The molecule has 1 amide bonds. The second kappa shape index (κ2) is 6.75. The molecule has 0 spiro atoms. The van der Waals surface area contributed by atoms with Gasteiger partial charge in [-0.05, 0) is 46.5 Å². The highest BCUT2D eigenvalue weighted by Gasteiger charge is 2.25. The number of thiophene rings is 1. The standard InChI is InChI=1S/C18H17N3OS2/c22-17(14-3-1-13(2-4-14)15-6-9-23-12-15)20-16-5-8-21(11-16)18-19-7-10-24-18/h1-4,6-7,9-10,12,16H,5,8,11H2,(H,20,22)/t16-/m1/s1. The van der Waals surface area contributed by atoms with Crippen LogP contribution in [0.3, 0.4) is 0 Å². The van der Waals surface area contributed by atoms with E-state index in [1.165, 1.54) is 5.56 Å². The van der Waals surface area contributed by atoms with Gasteiger partial charge in [0.2, 0.25) is 0 Å². The van der Waals surface area contributed by atoms with Crippen molar-refractivity contribution in [3.8, 4) is 11.1 Å². The summed E-state index contributed by atoms with van der Waals surface area (Å²) in [6.45, 7) is 1.77. The molecule has 122 valence electrons. The fourth-order valence-corrected chi connectivity index (χ4v) is 4.28. The first-order valence-electron chi connectivity index (χ1n) is 7.87. The number of thiazole rings is 1. The van der Waals surface area contributed by atoms with Gasteiger partial charge in [0, 0.05) is 36.3 Å². The Morgan fingerprint density at radius 3 is 2.75 bits per heavy atom. The van der Waals surface area contributed by atoms with Crippen LogP contribution >= 0.6 is 22.7 Å². The first-order valence-corrected chi connectivity index (χ1v) is 9.70. The van der Waals surface area contributed by atoms with E-state index in [-0.39, 0.29) is 11.9 Å². The number of hydrogen-bond acceptors (Lipinski definition) is 5. The fraction of sp³-hybridized carbons (Fsp3) is 0.222. The minimum absolute atomic E-state index is 0.00198. The molecule has 1 aliphatic heterocycles. The molecule has 0 saturated carbocycles. The molecule has 0 unspecified atom stereocenters. The largest absolute Gasteiger partial charge is 0.347 e. The summed E-state index contributed by atoms with van der Waals surface area (Å²) in [6, 6.07) is 10.1. The molecule has 0 bridgehead atoms. The Balaban J connectivity index is 1.38. The highest BCUT2D eigenvalue weighted by Crippen LogP contribution is 2.24. The van der Waals surface area contributed by atoms with Crippen molar-refractivity contribution in [2.45, 2.75) is 12.5 Å². The number of carbonyl (C=O) groups is 1. The minimum Gasteiger partial charge on any atom is -0.347 e. The van der Waals surface area contributed by atoms with E-state index >= 15 is 0 Å². The molecule has 0 radical (unpaired) electrons. The number of aromatic nitrogens is 1. The fourth-order valence-electron chi connectivity index (χ4n) is 2.94. The number of nitrogens with zero attached hydrogens (tertiary/aromatic N) is 2. The monoisotopic (exact) mass is 355 g/mol. The van der Waals surface area contributed by atoms with Gasteiger partial charge in [0.1, 0.15) is 0 Å². The molecule has 4 rings (SSSR count). The van der Waals surface area contributed by atoms with E-state index in [1.807, 2.05) is 35.8 Å². The molecule has 1 atom stereocenters. The Morgan fingerprint density at radius 1 is 1.17 bits per heavy atom. The summed E-state index contributed by atoms with van der Waals surface area (Å²) < 4.78 is 0. The maximum Gasteiger partial charge on any atom is 0.251 e. The van der Waals surface area contributed by atoms with Gasteiger partial charge in [-0.25, -0.2) is 4.98 Å². The van der Waals surface area contributed by atoms with E-state index in [1.54, 1.807) is 22.7 Å². The predicted molar refractivity (Wildman–Crippen MR) is 100.0 cm³/mol. The van der Waals surface area contributed by atoms with E-state index < -0.39 is 0 Å². The van der Waals surface area contributed by atoms with Gasteiger partial charge in [0.25, 0.3) is 5.91 Å². The van der Waals surface area contributed by atoms with E-state index in [9.17, 15) is 4.79 Å². The summed E-state index contributed by atoms with van der Waals surface area (Å²) in [5.74, 6) is -0.00198. The summed E-state index contributed by atoms with van der Waals surface area (Å²) in [5, 5.41) is 10.3. The van der Waals surface area contributed by atoms with Crippen LogP contribution in [-0.4, -0.2) is 30.0 Å². The molecule has 1 aliphatic rings. The maximum absolute atomic E-state index is 12.5. The number of amides is 1. The molecular weight excluding hydrogens is 338 g/mol. The Morgan fingerprint density at radius 2 is 2.04 bits per heavy atom. The van der Waals surface area contributed by atoms with Gasteiger partial charge in [0.05, 0.1) is 0 Å². The van der Waals surface area contributed by atoms with Gasteiger partial charge in [-0.3, -0.25) is 4.79 Å². The zero-order valence-electron chi connectivity index (χ0n) is 13.0. The molecule has 1 saturated heterocycles. The summed E-state index contributed by atoms with van der Waals surface area (Å²) >= 11 is 3.32. The van der Waals surface area contributed by atoms with Crippen LogP contribution in [-0.2, 0) is 0 Å². The predicted octanol–water partition coefficient (Wildman–Crippen LogP) is 3.88. The van der Waals surface area contributed by atoms with Crippen LogP contribution in [0.5, 0.6) is 0 Å². The summed E-state index contributed by atoms with van der Waals surface area (Å²) in [5.41, 5.74) is 3.05. The first kappa shape index (κ1) is 15.4. The molecule has 2 aromatic heterocycles. The number of benzene rings is 1. The summed E-state index contributed by atoms with van der Waals surface area (Å²) in [6.07, 6.45) is 2.78. The average Bonchev–Trinajstić information content (AvgIpc) is 3.36. The lowest BCUT2D eigenvalue weighted by Gasteiger charge is -2.16. The third kappa shape index (κ3) is 3.20. The van der Waals surface area contributed by atoms with Crippen molar-refractivity contribution < 1.29 is 4.79 Å². The zero-order valence-corrected chi connectivity index (χ0v) is 14.6. The Hall–Kier alpha value is -2.18. The van der Waals surface area contributed by atoms with Crippen LogP contribution in [0.25, 0.3) is 11.1 Å². The van der Waals surface area contributed by atoms with Crippen molar-refractivity contribution in [2.75, 3.05) is 18.0 Å². The molecule has 0 aliphatic carbocycles. The van der Waals surface area contributed by atoms with Crippen molar-refractivity contribution in [1.29, 1.82) is 0 Å². The third-order valence-corrected chi connectivity index (χ3v) is 5.73. The molecule has 1 aromatic carbocycles. The van der Waals surface area contributed by atoms with Gasteiger partial charge >= 0.3 is 0 Å². The zero-order chi connectivity index (χ0) is 16.4. The van der Waals surface area contributed by atoms with E-state index in [0.29, 0.717) is 5.56 Å². The van der Waals surface area contributed by atoms with Crippen molar-refractivity contribution in [3.63, 3.8) is 0 Å². The Labute approximate surface area is 148 Å². The lowest BCUT2D eigenvalue weighted by atomic mass is 10.1. The van der Waals surface area contributed by atoms with Crippen LogP contribution in [0, 0.1) is 0 Å². The number of nitrogens with one attached hydrogen (secondary N) is 1. The SMILES string of the molecule is O=C(N[C@@H]1CCN(c2nccs2)C1)c1ccc(-c2ccsc2)cc1. The smallest absolute Gasteiger partial charge is 0.251 e. The molecule has 4 nitrogen and oxygen atoms in total. The van der Waals surface area contributed by atoms with Crippen LogP contribution in [0.1, 0.15) is 16.8 Å². The van der Waals surface area contributed by atoms with Crippen molar-refractivity contribution in [1.82, 2.24) is 10.3 Å². The van der Waals surface area contributed by atoms with E-state index in [4.69, 9.17) is 0 Å². The quantitative estimate of drug-likeness (QED) is 0.772. The number of anilines is 1. The van der Waals surface area contributed by atoms with Gasteiger partial charge < -0.3 is 10.2 Å². The molecule has 3 aromatic rings. The minimum atomic E-state index is -0.00198. The lowest BCUT2D eigenvalue weighted by Crippen LogP contribution is -2.37. The van der Waals surface area contributed by atoms with E-state index in [2.05, 4.69) is 32.0 Å². The average molecular weight is 355 g/mol. The van der Waals surface area contributed by atoms with Gasteiger partial charge in [-0.1, -0.05) is 12.1 Å².